The van der Waals surface area contributed by atoms with Crippen LogP contribution in [0, 0.1) is 5.41 Å². The van der Waals surface area contributed by atoms with Gasteiger partial charge in [0.15, 0.2) is 0 Å². The van der Waals surface area contributed by atoms with Crippen LogP contribution in [0.4, 0.5) is 11.4 Å². The Balaban J connectivity index is 1.24. The minimum atomic E-state index is -0.754. The number of methoxy groups -OCH3 is 1. The molecule has 0 radical (unpaired) electrons. The smallest absolute Gasteiger partial charge is 0.324 e. The van der Waals surface area contributed by atoms with Crippen molar-refractivity contribution in [3.05, 3.63) is 41.7 Å². The average Bonchev–Trinajstić information content (AvgIpc) is 4.02. The number of carbonyl (C=O) groups is 2. The van der Waals surface area contributed by atoms with E-state index in [2.05, 4.69) is 76.7 Å². The maximum absolute atomic E-state index is 13.6. The number of aryl methyl sites for hydroxylation is 1. The van der Waals surface area contributed by atoms with E-state index in [0.29, 0.717) is 45.4 Å². The number of nitrogens with two attached hydrogens (primary N) is 1. The zero-order valence-corrected chi connectivity index (χ0v) is 33.4. The number of nitrogens with one attached hydrogen (secondary N) is 1. The van der Waals surface area contributed by atoms with Gasteiger partial charge in [0.2, 0.25) is 0 Å². The first-order valence-electron chi connectivity index (χ1n) is 20.6. The van der Waals surface area contributed by atoms with Gasteiger partial charge in [-0.25, -0.2) is 5.43 Å². The molecule has 1 aliphatic carbocycles. The van der Waals surface area contributed by atoms with Gasteiger partial charge >= 0.3 is 5.97 Å². The van der Waals surface area contributed by atoms with Crippen LogP contribution in [0.5, 0.6) is 0 Å². The Morgan fingerprint density at radius 2 is 1.84 bits per heavy atom. The number of rotatable bonds is 6. The maximum atomic E-state index is 13.6. The fourth-order valence-electron chi connectivity index (χ4n) is 9.16. The maximum Gasteiger partial charge on any atom is 0.324 e. The highest BCUT2D eigenvalue weighted by Gasteiger charge is 2.36. The van der Waals surface area contributed by atoms with Crippen LogP contribution >= 0.6 is 0 Å². The molecule has 13 nitrogen and oxygen atoms in total. The Hall–Kier alpha value is -3.75. The number of anilines is 2. The van der Waals surface area contributed by atoms with E-state index in [1.807, 2.05) is 6.20 Å². The predicted octanol–water partition coefficient (Wildman–Crippen LogP) is 4.26. The average molecular weight is 757 g/mol. The van der Waals surface area contributed by atoms with Crippen LogP contribution in [-0.2, 0) is 36.8 Å². The topological polar surface area (TPSA) is 131 Å². The fraction of sp³-hybridized carbons (Fsp3) is 0.643. The van der Waals surface area contributed by atoms with Gasteiger partial charge in [0.25, 0.3) is 5.91 Å². The number of hydrogen-bond acceptors (Lipinski definition) is 11. The van der Waals surface area contributed by atoms with Crippen LogP contribution in [0.25, 0.3) is 22.2 Å². The number of pyridine rings is 1. The summed E-state index contributed by atoms with van der Waals surface area (Å²) in [6.07, 6.45) is 6.59. The van der Waals surface area contributed by atoms with Crippen molar-refractivity contribution in [3.8, 4) is 11.3 Å². The molecule has 0 spiro atoms. The molecule has 1 aromatic carbocycles. The summed E-state index contributed by atoms with van der Waals surface area (Å²) in [7, 11) is 1.75. The van der Waals surface area contributed by atoms with E-state index < -0.39 is 17.5 Å². The molecular formula is C42H60N8O5. The van der Waals surface area contributed by atoms with Gasteiger partial charge in [0, 0.05) is 93.1 Å². The van der Waals surface area contributed by atoms with E-state index in [1.54, 1.807) is 7.11 Å². The molecule has 4 fully saturated rings. The number of aromatic nitrogens is 2. The third kappa shape index (κ3) is 7.83. The Labute approximate surface area is 325 Å². The number of amides is 1. The first-order valence-corrected chi connectivity index (χ1v) is 20.6. The molecule has 3 N–H and O–H groups in total. The van der Waals surface area contributed by atoms with Gasteiger partial charge in [-0.1, -0.05) is 13.8 Å². The lowest BCUT2D eigenvalue weighted by Gasteiger charge is -2.37. The van der Waals surface area contributed by atoms with Crippen molar-refractivity contribution in [1.29, 1.82) is 0 Å². The summed E-state index contributed by atoms with van der Waals surface area (Å²) in [4.78, 5) is 39.7. The quantitative estimate of drug-likeness (QED) is 0.350. The SMILES string of the molecule is CCn1c(-c2cc(N3CCN(C4CC4)CC3)cnc2[C@H](C)OC)c2c3cc(ccc31)N1CCO[C@@H](C[C@H](N)C(=O)N3CCC[C@H](N3)C(=O)OCC(C)(C)C2)C1. The van der Waals surface area contributed by atoms with Crippen LogP contribution in [0.3, 0.4) is 0 Å². The molecule has 1 saturated carbocycles. The van der Waals surface area contributed by atoms with Crippen molar-refractivity contribution < 1.29 is 23.8 Å². The molecule has 13 heteroatoms. The first kappa shape index (κ1) is 38.1. The highest BCUT2D eigenvalue weighted by atomic mass is 16.5. The minimum Gasteiger partial charge on any atom is -0.464 e. The van der Waals surface area contributed by atoms with Crippen molar-refractivity contribution in [2.45, 2.75) is 103 Å². The van der Waals surface area contributed by atoms with Crippen molar-refractivity contribution in [2.75, 3.05) is 75.9 Å². The Morgan fingerprint density at radius 3 is 2.58 bits per heavy atom. The fourth-order valence-corrected chi connectivity index (χ4v) is 9.16. The summed E-state index contributed by atoms with van der Waals surface area (Å²) in [6, 6.07) is 8.54. The van der Waals surface area contributed by atoms with Crippen molar-refractivity contribution in [1.82, 2.24) is 24.9 Å². The van der Waals surface area contributed by atoms with Crippen LogP contribution in [0.15, 0.2) is 30.5 Å². The molecule has 3 aromatic rings. The molecule has 2 aromatic heterocycles. The minimum absolute atomic E-state index is 0.208. The van der Waals surface area contributed by atoms with E-state index >= 15 is 0 Å². The first-order chi connectivity index (χ1) is 26.5. The number of benzene rings is 1. The molecule has 0 unspecified atom stereocenters. The summed E-state index contributed by atoms with van der Waals surface area (Å²) in [5.74, 6) is -0.569. The molecule has 3 saturated heterocycles. The summed E-state index contributed by atoms with van der Waals surface area (Å²) in [5.41, 5.74) is 17.0. The third-order valence-corrected chi connectivity index (χ3v) is 12.4. The van der Waals surface area contributed by atoms with Crippen LogP contribution in [0.2, 0.25) is 0 Å². The molecule has 4 atom stereocenters. The zero-order valence-electron chi connectivity index (χ0n) is 33.4. The summed E-state index contributed by atoms with van der Waals surface area (Å²) >= 11 is 0. The Kier molecular flexibility index (Phi) is 10.9. The molecule has 55 heavy (non-hydrogen) atoms. The van der Waals surface area contributed by atoms with Crippen LogP contribution in [-0.4, -0.2) is 122 Å². The van der Waals surface area contributed by atoms with E-state index in [0.717, 1.165) is 79.2 Å². The number of carbonyl (C=O) groups excluding carboxylic acids is 2. The summed E-state index contributed by atoms with van der Waals surface area (Å²) in [6.45, 7) is 16.1. The number of hydrogen-bond donors (Lipinski definition) is 2. The van der Waals surface area contributed by atoms with Gasteiger partial charge in [-0.15, -0.1) is 0 Å². The van der Waals surface area contributed by atoms with Gasteiger partial charge in [0.1, 0.15) is 6.04 Å². The van der Waals surface area contributed by atoms with E-state index in [9.17, 15) is 9.59 Å². The summed E-state index contributed by atoms with van der Waals surface area (Å²) in [5, 5.41) is 2.69. The normalized spacial score (nSPS) is 26.2. The second kappa shape index (κ2) is 15.7. The lowest BCUT2D eigenvalue weighted by atomic mass is 9.84. The molecule has 298 valence electrons. The molecule has 8 rings (SSSR count). The number of piperazine rings is 1. The van der Waals surface area contributed by atoms with Crippen molar-refractivity contribution in [3.63, 3.8) is 0 Å². The van der Waals surface area contributed by atoms with Gasteiger partial charge in [-0.3, -0.25) is 24.5 Å². The number of hydrazine groups is 1. The largest absolute Gasteiger partial charge is 0.464 e. The monoisotopic (exact) mass is 756 g/mol. The van der Waals surface area contributed by atoms with Gasteiger partial charge in [-0.05, 0) is 82.2 Å². The molecule has 4 aliphatic heterocycles. The van der Waals surface area contributed by atoms with Gasteiger partial charge in [0.05, 0.1) is 54.7 Å². The molecule has 5 aliphatic rings. The van der Waals surface area contributed by atoms with Gasteiger partial charge < -0.3 is 34.3 Å². The molecule has 1 amide bonds. The number of esters is 1. The Bertz CT molecular complexity index is 1880. The second-order valence-electron chi connectivity index (χ2n) is 17.1. The highest BCUT2D eigenvalue weighted by Crippen LogP contribution is 2.43. The standard InChI is InChI=1S/C42H60N8O5/c1-6-49-37-12-11-29-20-32(37)34(39(49)33-21-30(24-44-38(33)27(2)53-5)47-16-14-46(15-17-47)28-9-10-28)23-42(3,4)26-55-41(52)36-8-7-13-50(45-36)40(51)35(43)22-31-25-48(29)18-19-54-31/h11-12,20-21,24,27-28,31,35-36,45H,6-10,13-19,22-23,25-26,43H2,1-5H3/t27-,31-,35-,36-/m0/s1. The number of cyclic esters (lactones) is 1. The number of fused-ring (bicyclic) bond motifs is 6. The van der Waals surface area contributed by atoms with Crippen molar-refractivity contribution >= 4 is 34.2 Å². The summed E-state index contributed by atoms with van der Waals surface area (Å²) < 4.78 is 20.7. The van der Waals surface area contributed by atoms with Gasteiger partial charge in [-0.2, -0.15) is 0 Å². The lowest BCUT2D eigenvalue weighted by molar-refractivity contribution is -0.155. The number of nitrogens with zero attached hydrogens (tertiary/aromatic N) is 6. The number of ether oxygens (including phenoxy) is 3. The highest BCUT2D eigenvalue weighted by molar-refractivity contribution is 5.95. The van der Waals surface area contributed by atoms with E-state index in [4.69, 9.17) is 24.9 Å². The van der Waals surface area contributed by atoms with Crippen LogP contribution in [0.1, 0.15) is 77.2 Å². The lowest BCUT2D eigenvalue weighted by Crippen LogP contribution is -2.59. The Morgan fingerprint density at radius 1 is 1.04 bits per heavy atom. The molecular weight excluding hydrogens is 697 g/mol. The van der Waals surface area contributed by atoms with Crippen LogP contribution < -0.4 is 21.0 Å². The van der Waals surface area contributed by atoms with E-state index in [-0.39, 0.29) is 30.7 Å². The second-order valence-corrected chi connectivity index (χ2v) is 17.1. The van der Waals surface area contributed by atoms with E-state index in [1.165, 1.54) is 28.8 Å². The molecule has 6 heterocycles. The van der Waals surface area contributed by atoms with Crippen molar-refractivity contribution in [2.24, 2.45) is 11.1 Å². The number of morpholine rings is 1. The predicted molar refractivity (Wildman–Crippen MR) is 214 cm³/mol. The molecule has 6 bridgehead atoms. The zero-order chi connectivity index (χ0) is 38.4. The third-order valence-electron chi connectivity index (χ3n) is 12.4.